The third kappa shape index (κ3) is 3.27. The number of amides is 1. The summed E-state index contributed by atoms with van der Waals surface area (Å²) in [7, 11) is 1.87. The molecule has 1 fully saturated rings. The van der Waals surface area contributed by atoms with Crippen molar-refractivity contribution in [2.75, 3.05) is 11.9 Å². The van der Waals surface area contributed by atoms with Crippen LogP contribution in [-0.4, -0.2) is 28.3 Å². The first-order valence-corrected chi connectivity index (χ1v) is 5.27. The number of hydrogen-bond acceptors (Lipinski definition) is 3. The Labute approximate surface area is 88.8 Å². The molecule has 1 aliphatic rings. The van der Waals surface area contributed by atoms with Crippen LogP contribution in [0, 0.1) is 0 Å². The Morgan fingerprint density at radius 3 is 3.07 bits per heavy atom. The first-order valence-electron chi connectivity index (χ1n) is 5.27. The molecule has 1 amide bonds. The Hall–Kier alpha value is -1.52. The fourth-order valence-electron chi connectivity index (χ4n) is 1.34. The quantitative estimate of drug-likeness (QED) is 0.741. The third-order valence-electron chi connectivity index (χ3n) is 2.31. The highest BCUT2D eigenvalue weighted by atomic mass is 16.1. The second-order valence-electron chi connectivity index (χ2n) is 3.89. The summed E-state index contributed by atoms with van der Waals surface area (Å²) in [5, 5.41) is 10.2. The van der Waals surface area contributed by atoms with Crippen LogP contribution in [0.25, 0.3) is 0 Å². The van der Waals surface area contributed by atoms with Gasteiger partial charge in [0.05, 0.1) is 0 Å². The van der Waals surface area contributed by atoms with Crippen LogP contribution in [-0.2, 0) is 11.8 Å². The normalized spacial score (nSPS) is 15.0. The van der Waals surface area contributed by atoms with Gasteiger partial charge in [-0.05, 0) is 12.8 Å². The molecule has 0 aromatic carbocycles. The molecule has 1 aromatic heterocycles. The van der Waals surface area contributed by atoms with Gasteiger partial charge in [-0.25, -0.2) is 0 Å². The van der Waals surface area contributed by atoms with E-state index >= 15 is 0 Å². The second-order valence-corrected chi connectivity index (χ2v) is 3.89. The predicted octanol–water partition coefficient (Wildman–Crippen LogP) is 0.501. The molecule has 2 N–H and O–H groups in total. The molecule has 1 saturated carbocycles. The van der Waals surface area contributed by atoms with Crippen molar-refractivity contribution in [2.24, 2.45) is 7.05 Å². The van der Waals surface area contributed by atoms with Gasteiger partial charge >= 0.3 is 0 Å². The Bertz CT molecular complexity index is 343. The Morgan fingerprint density at radius 2 is 2.47 bits per heavy atom. The number of hydrogen-bond donors (Lipinski definition) is 2. The van der Waals surface area contributed by atoms with E-state index in [1.165, 1.54) is 0 Å². The van der Waals surface area contributed by atoms with E-state index in [-0.39, 0.29) is 5.91 Å². The molecule has 1 heterocycles. The zero-order valence-electron chi connectivity index (χ0n) is 8.86. The van der Waals surface area contributed by atoms with Crippen LogP contribution in [0.4, 0.5) is 5.82 Å². The molecule has 0 radical (unpaired) electrons. The van der Waals surface area contributed by atoms with E-state index in [1.807, 2.05) is 19.3 Å². The first-order chi connectivity index (χ1) is 7.24. The molecule has 15 heavy (non-hydrogen) atoms. The third-order valence-corrected chi connectivity index (χ3v) is 2.31. The van der Waals surface area contributed by atoms with E-state index in [0.717, 1.165) is 18.7 Å². The predicted molar refractivity (Wildman–Crippen MR) is 57.5 cm³/mol. The zero-order chi connectivity index (χ0) is 10.7. The smallest absolute Gasteiger partial charge is 0.221 e. The molecule has 1 aliphatic carbocycles. The number of aryl methyl sites for hydroxylation is 1. The number of nitrogens with zero attached hydrogens (tertiary/aromatic N) is 2. The van der Waals surface area contributed by atoms with Crippen LogP contribution in [0.5, 0.6) is 0 Å². The summed E-state index contributed by atoms with van der Waals surface area (Å²) < 4.78 is 1.73. The summed E-state index contributed by atoms with van der Waals surface area (Å²) in [6.07, 6.45) is 4.65. The van der Waals surface area contributed by atoms with Gasteiger partial charge < -0.3 is 10.6 Å². The fourth-order valence-corrected chi connectivity index (χ4v) is 1.34. The van der Waals surface area contributed by atoms with E-state index in [2.05, 4.69) is 15.7 Å². The van der Waals surface area contributed by atoms with E-state index in [9.17, 15) is 4.79 Å². The molecule has 5 nitrogen and oxygen atoms in total. The van der Waals surface area contributed by atoms with E-state index in [0.29, 0.717) is 19.0 Å². The largest absolute Gasteiger partial charge is 0.368 e. The molecule has 0 unspecified atom stereocenters. The maximum Gasteiger partial charge on any atom is 0.221 e. The minimum absolute atomic E-state index is 0.126. The number of rotatable bonds is 5. The van der Waals surface area contributed by atoms with Gasteiger partial charge in [0.2, 0.25) is 5.91 Å². The van der Waals surface area contributed by atoms with Crippen molar-refractivity contribution in [3.05, 3.63) is 12.3 Å². The number of carbonyl (C=O) groups is 1. The standard InChI is InChI=1S/C10H16N4O/c1-14-7-5-9(13-14)11-6-4-10(15)12-8-2-3-8/h5,7-8H,2-4,6H2,1H3,(H,11,13)(H,12,15). The molecule has 2 rings (SSSR count). The highest BCUT2D eigenvalue weighted by molar-refractivity contribution is 5.77. The monoisotopic (exact) mass is 208 g/mol. The summed E-state index contributed by atoms with van der Waals surface area (Å²) >= 11 is 0. The van der Waals surface area contributed by atoms with E-state index in [1.54, 1.807) is 4.68 Å². The lowest BCUT2D eigenvalue weighted by Gasteiger charge is -2.03. The van der Waals surface area contributed by atoms with Crippen LogP contribution < -0.4 is 10.6 Å². The molecule has 5 heteroatoms. The van der Waals surface area contributed by atoms with Gasteiger partial charge in [0.25, 0.3) is 0 Å². The topological polar surface area (TPSA) is 59.0 Å². The van der Waals surface area contributed by atoms with Crippen LogP contribution in [0.2, 0.25) is 0 Å². The highest BCUT2D eigenvalue weighted by Gasteiger charge is 2.22. The number of anilines is 1. The van der Waals surface area contributed by atoms with Crippen LogP contribution in [0.3, 0.4) is 0 Å². The van der Waals surface area contributed by atoms with Crippen molar-refractivity contribution >= 4 is 11.7 Å². The van der Waals surface area contributed by atoms with Crippen molar-refractivity contribution in [3.63, 3.8) is 0 Å². The average molecular weight is 208 g/mol. The van der Waals surface area contributed by atoms with Gasteiger partial charge in [0, 0.05) is 38.3 Å². The number of aromatic nitrogens is 2. The number of nitrogens with one attached hydrogen (secondary N) is 2. The molecular weight excluding hydrogens is 192 g/mol. The van der Waals surface area contributed by atoms with Crippen molar-refractivity contribution in [1.82, 2.24) is 15.1 Å². The summed E-state index contributed by atoms with van der Waals surface area (Å²) in [5.74, 6) is 0.942. The average Bonchev–Trinajstić information content (AvgIpc) is 2.89. The summed E-state index contributed by atoms with van der Waals surface area (Å²) in [6, 6.07) is 2.34. The maximum atomic E-state index is 11.3. The molecular formula is C10H16N4O. The molecule has 82 valence electrons. The molecule has 0 aliphatic heterocycles. The fraction of sp³-hybridized carbons (Fsp3) is 0.600. The lowest BCUT2D eigenvalue weighted by atomic mass is 10.4. The van der Waals surface area contributed by atoms with E-state index < -0.39 is 0 Å². The van der Waals surface area contributed by atoms with Gasteiger partial charge in [-0.2, -0.15) is 5.10 Å². The van der Waals surface area contributed by atoms with Crippen LogP contribution in [0.1, 0.15) is 19.3 Å². The van der Waals surface area contributed by atoms with Gasteiger partial charge in [0.1, 0.15) is 5.82 Å². The van der Waals surface area contributed by atoms with Gasteiger partial charge in [-0.3, -0.25) is 9.48 Å². The Balaban J connectivity index is 1.63. The van der Waals surface area contributed by atoms with Crippen LogP contribution in [0.15, 0.2) is 12.3 Å². The van der Waals surface area contributed by atoms with Crippen molar-refractivity contribution in [1.29, 1.82) is 0 Å². The SMILES string of the molecule is Cn1ccc(NCCC(=O)NC2CC2)n1. The highest BCUT2D eigenvalue weighted by Crippen LogP contribution is 2.18. The van der Waals surface area contributed by atoms with Crippen molar-refractivity contribution < 1.29 is 4.79 Å². The molecule has 0 saturated heterocycles. The van der Waals surface area contributed by atoms with Gasteiger partial charge in [-0.15, -0.1) is 0 Å². The van der Waals surface area contributed by atoms with Gasteiger partial charge in [0.15, 0.2) is 0 Å². The molecule has 0 atom stereocenters. The number of carbonyl (C=O) groups excluding carboxylic acids is 1. The Morgan fingerprint density at radius 1 is 1.67 bits per heavy atom. The second kappa shape index (κ2) is 4.33. The maximum absolute atomic E-state index is 11.3. The van der Waals surface area contributed by atoms with Gasteiger partial charge in [-0.1, -0.05) is 0 Å². The molecule has 0 bridgehead atoms. The summed E-state index contributed by atoms with van der Waals surface area (Å²) in [4.78, 5) is 11.3. The van der Waals surface area contributed by atoms with Crippen molar-refractivity contribution in [2.45, 2.75) is 25.3 Å². The lowest BCUT2D eigenvalue weighted by Crippen LogP contribution is -2.27. The molecule has 1 aromatic rings. The van der Waals surface area contributed by atoms with Crippen LogP contribution >= 0.6 is 0 Å². The minimum Gasteiger partial charge on any atom is -0.368 e. The molecule has 0 spiro atoms. The minimum atomic E-state index is 0.126. The first kappa shape index (κ1) is 10.0. The lowest BCUT2D eigenvalue weighted by molar-refractivity contribution is -0.120. The Kier molecular flexibility index (Phi) is 2.89. The zero-order valence-corrected chi connectivity index (χ0v) is 8.86. The summed E-state index contributed by atoms with van der Waals surface area (Å²) in [6.45, 7) is 0.634. The summed E-state index contributed by atoms with van der Waals surface area (Å²) in [5.41, 5.74) is 0. The van der Waals surface area contributed by atoms with Crippen molar-refractivity contribution in [3.8, 4) is 0 Å². The van der Waals surface area contributed by atoms with E-state index in [4.69, 9.17) is 0 Å².